The van der Waals surface area contributed by atoms with Crippen LogP contribution in [0.4, 0.5) is 5.69 Å². The molecule has 0 radical (unpaired) electrons. The summed E-state index contributed by atoms with van der Waals surface area (Å²) in [7, 11) is 0. The molecule has 1 N–H and O–H groups in total. The third-order valence-electron chi connectivity index (χ3n) is 2.45. The molecule has 0 unspecified atom stereocenters. The summed E-state index contributed by atoms with van der Waals surface area (Å²) >= 11 is 0. The molecule has 2 aromatic rings. The fourth-order valence-corrected chi connectivity index (χ4v) is 1.69. The predicted octanol–water partition coefficient (Wildman–Crippen LogP) is 3.95. The molecule has 0 bridgehead atoms. The number of hydrogen-bond donors (Lipinski definition) is 1. The van der Waals surface area contributed by atoms with E-state index in [0.717, 1.165) is 12.2 Å². The molecule has 0 saturated heterocycles. The number of rotatable bonds is 4. The van der Waals surface area contributed by atoms with Crippen molar-refractivity contribution in [2.24, 2.45) is 0 Å². The first-order chi connectivity index (χ1) is 7.92. The summed E-state index contributed by atoms with van der Waals surface area (Å²) in [5, 5.41) is 3.34. The summed E-state index contributed by atoms with van der Waals surface area (Å²) in [5.41, 5.74) is 3.60. The maximum Gasteiger partial charge on any atom is 0.0422 e. The monoisotopic (exact) mass is 209 g/mol. The van der Waals surface area contributed by atoms with E-state index in [2.05, 4.69) is 54.4 Å². The second-order valence-electron chi connectivity index (χ2n) is 3.58. The molecule has 0 saturated carbocycles. The Hall–Kier alpha value is -2.02. The minimum absolute atomic E-state index is 0.782. The van der Waals surface area contributed by atoms with Crippen LogP contribution < -0.4 is 5.32 Å². The van der Waals surface area contributed by atoms with Crippen LogP contribution in [0.1, 0.15) is 0 Å². The zero-order valence-corrected chi connectivity index (χ0v) is 9.19. The average molecular weight is 209 g/mol. The molecule has 16 heavy (non-hydrogen) atoms. The summed E-state index contributed by atoms with van der Waals surface area (Å²) in [4.78, 5) is 0. The van der Waals surface area contributed by atoms with Gasteiger partial charge in [-0.3, -0.25) is 0 Å². The van der Waals surface area contributed by atoms with Crippen LogP contribution in [0.25, 0.3) is 11.1 Å². The van der Waals surface area contributed by atoms with E-state index in [-0.39, 0.29) is 0 Å². The predicted molar refractivity (Wildman–Crippen MR) is 70.6 cm³/mol. The third kappa shape index (κ3) is 2.31. The van der Waals surface area contributed by atoms with E-state index in [9.17, 15) is 0 Å². The number of nitrogens with one attached hydrogen (secondary N) is 1. The van der Waals surface area contributed by atoms with Gasteiger partial charge in [-0.2, -0.15) is 0 Å². The molecule has 2 rings (SSSR count). The van der Waals surface area contributed by atoms with Gasteiger partial charge >= 0.3 is 0 Å². The fourth-order valence-electron chi connectivity index (χ4n) is 1.69. The molecule has 0 heterocycles. The Morgan fingerprint density at radius 1 is 0.938 bits per heavy atom. The van der Waals surface area contributed by atoms with E-state index in [1.807, 2.05) is 18.2 Å². The van der Waals surface area contributed by atoms with Crippen LogP contribution in [0.5, 0.6) is 0 Å². The second kappa shape index (κ2) is 5.17. The molecule has 0 aliphatic heterocycles. The molecule has 0 amide bonds. The summed E-state index contributed by atoms with van der Waals surface area (Å²) in [6.07, 6.45) is 1.86. The van der Waals surface area contributed by atoms with E-state index in [1.54, 1.807) is 0 Å². The van der Waals surface area contributed by atoms with E-state index in [4.69, 9.17) is 0 Å². The van der Waals surface area contributed by atoms with Crippen LogP contribution in [0.2, 0.25) is 0 Å². The highest BCUT2D eigenvalue weighted by atomic mass is 14.9. The lowest BCUT2D eigenvalue weighted by atomic mass is 10.0. The lowest BCUT2D eigenvalue weighted by Crippen LogP contribution is -1.99. The van der Waals surface area contributed by atoms with Crippen molar-refractivity contribution in [2.75, 3.05) is 11.9 Å². The fraction of sp³-hybridized carbons (Fsp3) is 0.0667. The van der Waals surface area contributed by atoms with Gasteiger partial charge in [-0.15, -0.1) is 6.58 Å². The zero-order valence-electron chi connectivity index (χ0n) is 9.19. The molecular formula is C15H15N. The van der Waals surface area contributed by atoms with Crippen LogP contribution in [0.3, 0.4) is 0 Å². The van der Waals surface area contributed by atoms with E-state index in [0.29, 0.717) is 0 Å². The Labute approximate surface area is 96.4 Å². The van der Waals surface area contributed by atoms with Gasteiger partial charge in [-0.05, 0) is 11.6 Å². The molecule has 0 aromatic heterocycles. The highest BCUT2D eigenvalue weighted by Gasteiger charge is 2.01. The van der Waals surface area contributed by atoms with Crippen LogP contribution in [-0.4, -0.2) is 6.54 Å². The number of benzene rings is 2. The molecule has 0 aliphatic rings. The minimum Gasteiger partial charge on any atom is -0.381 e. The molecule has 0 spiro atoms. The second-order valence-corrected chi connectivity index (χ2v) is 3.58. The van der Waals surface area contributed by atoms with Crippen LogP contribution in [-0.2, 0) is 0 Å². The highest BCUT2D eigenvalue weighted by molar-refractivity contribution is 5.77. The van der Waals surface area contributed by atoms with E-state index in [1.165, 1.54) is 11.1 Å². The first kappa shape index (κ1) is 10.5. The summed E-state index contributed by atoms with van der Waals surface area (Å²) < 4.78 is 0. The van der Waals surface area contributed by atoms with Crippen molar-refractivity contribution < 1.29 is 0 Å². The van der Waals surface area contributed by atoms with Gasteiger partial charge in [0.1, 0.15) is 0 Å². The van der Waals surface area contributed by atoms with Gasteiger partial charge in [0.05, 0.1) is 0 Å². The standard InChI is InChI=1S/C15H15N/c1-2-12-16-15-11-7-6-10-14(15)13-8-4-3-5-9-13/h2-11,16H,1,12H2. The van der Waals surface area contributed by atoms with Gasteiger partial charge < -0.3 is 5.32 Å². The molecule has 0 atom stereocenters. The van der Waals surface area contributed by atoms with Gasteiger partial charge in [0.2, 0.25) is 0 Å². The average Bonchev–Trinajstić information content (AvgIpc) is 2.38. The van der Waals surface area contributed by atoms with E-state index >= 15 is 0 Å². The maximum atomic E-state index is 3.72. The SMILES string of the molecule is C=CCNc1ccccc1-c1ccccc1. The van der Waals surface area contributed by atoms with Crippen molar-refractivity contribution in [3.05, 3.63) is 67.3 Å². The van der Waals surface area contributed by atoms with Gasteiger partial charge in [0.15, 0.2) is 0 Å². The summed E-state index contributed by atoms with van der Waals surface area (Å²) in [6, 6.07) is 18.7. The molecular weight excluding hydrogens is 194 g/mol. The first-order valence-corrected chi connectivity index (χ1v) is 5.41. The smallest absolute Gasteiger partial charge is 0.0422 e. The van der Waals surface area contributed by atoms with Gasteiger partial charge in [-0.25, -0.2) is 0 Å². The van der Waals surface area contributed by atoms with Crippen molar-refractivity contribution >= 4 is 5.69 Å². The first-order valence-electron chi connectivity index (χ1n) is 5.41. The Kier molecular flexibility index (Phi) is 3.39. The molecule has 0 fully saturated rings. The Bertz CT molecular complexity index is 460. The van der Waals surface area contributed by atoms with Crippen LogP contribution >= 0.6 is 0 Å². The number of para-hydroxylation sites is 1. The van der Waals surface area contributed by atoms with Crippen LogP contribution in [0, 0.1) is 0 Å². The van der Waals surface area contributed by atoms with Gasteiger partial charge in [0.25, 0.3) is 0 Å². The Morgan fingerprint density at radius 3 is 2.38 bits per heavy atom. The zero-order chi connectivity index (χ0) is 11.2. The maximum absolute atomic E-state index is 3.72. The van der Waals surface area contributed by atoms with Crippen molar-refractivity contribution in [3.63, 3.8) is 0 Å². The van der Waals surface area contributed by atoms with Crippen molar-refractivity contribution in [1.29, 1.82) is 0 Å². The molecule has 2 aromatic carbocycles. The summed E-state index contributed by atoms with van der Waals surface area (Å²) in [5.74, 6) is 0. The largest absolute Gasteiger partial charge is 0.381 e. The third-order valence-corrected chi connectivity index (χ3v) is 2.45. The topological polar surface area (TPSA) is 12.0 Å². The molecule has 1 heteroatoms. The number of hydrogen-bond acceptors (Lipinski definition) is 1. The van der Waals surface area contributed by atoms with Gasteiger partial charge in [0, 0.05) is 17.8 Å². The summed E-state index contributed by atoms with van der Waals surface area (Å²) in [6.45, 7) is 4.50. The Balaban J connectivity index is 2.36. The molecule has 0 aliphatic carbocycles. The lowest BCUT2D eigenvalue weighted by Gasteiger charge is -2.10. The Morgan fingerprint density at radius 2 is 1.62 bits per heavy atom. The molecule has 1 nitrogen and oxygen atoms in total. The van der Waals surface area contributed by atoms with Crippen molar-refractivity contribution in [2.45, 2.75) is 0 Å². The highest BCUT2D eigenvalue weighted by Crippen LogP contribution is 2.27. The van der Waals surface area contributed by atoms with E-state index < -0.39 is 0 Å². The quantitative estimate of drug-likeness (QED) is 0.752. The lowest BCUT2D eigenvalue weighted by molar-refractivity contribution is 1.34. The minimum atomic E-state index is 0.782. The van der Waals surface area contributed by atoms with Gasteiger partial charge in [-0.1, -0.05) is 54.6 Å². The number of anilines is 1. The molecule has 80 valence electrons. The van der Waals surface area contributed by atoms with Crippen LogP contribution in [0.15, 0.2) is 67.3 Å². The normalized spacial score (nSPS) is 9.75. The van der Waals surface area contributed by atoms with Crippen molar-refractivity contribution in [3.8, 4) is 11.1 Å². The van der Waals surface area contributed by atoms with Crippen molar-refractivity contribution in [1.82, 2.24) is 0 Å².